The number of anilines is 1. The SMILES string of the molecule is O=C(CSc1ccc(Cl)cn1)Nc1ccc2c(c1)OC1(CCCC1)O2. The van der Waals surface area contributed by atoms with Gasteiger partial charge in [-0.1, -0.05) is 23.4 Å². The second-order valence-corrected chi connectivity index (χ2v) is 7.57. The molecule has 2 heterocycles. The van der Waals surface area contributed by atoms with Gasteiger partial charge in [0.2, 0.25) is 5.91 Å². The van der Waals surface area contributed by atoms with Crippen molar-refractivity contribution < 1.29 is 14.3 Å². The summed E-state index contributed by atoms with van der Waals surface area (Å²) >= 11 is 7.16. The van der Waals surface area contributed by atoms with E-state index in [-0.39, 0.29) is 11.7 Å². The molecule has 1 aliphatic carbocycles. The minimum atomic E-state index is -0.485. The number of benzene rings is 1. The molecule has 5 nitrogen and oxygen atoms in total. The van der Waals surface area contributed by atoms with Gasteiger partial charge in [0.1, 0.15) is 0 Å². The van der Waals surface area contributed by atoms with Gasteiger partial charge in [0, 0.05) is 30.8 Å². The molecule has 0 saturated heterocycles. The molecule has 1 N–H and O–H groups in total. The molecule has 25 heavy (non-hydrogen) atoms. The zero-order chi connectivity index (χ0) is 17.3. The first-order chi connectivity index (χ1) is 12.1. The van der Waals surface area contributed by atoms with Crippen molar-refractivity contribution in [1.82, 2.24) is 4.98 Å². The summed E-state index contributed by atoms with van der Waals surface area (Å²) in [5, 5.41) is 4.22. The molecule has 0 bridgehead atoms. The van der Waals surface area contributed by atoms with Crippen LogP contribution in [0.15, 0.2) is 41.6 Å². The zero-order valence-electron chi connectivity index (χ0n) is 13.5. The minimum absolute atomic E-state index is 0.101. The first-order valence-corrected chi connectivity index (χ1v) is 9.55. The fraction of sp³-hybridized carbons (Fsp3) is 0.333. The maximum atomic E-state index is 12.1. The molecule has 2 aromatic rings. The van der Waals surface area contributed by atoms with E-state index in [2.05, 4.69) is 10.3 Å². The Morgan fingerprint density at radius 1 is 1.20 bits per heavy atom. The zero-order valence-corrected chi connectivity index (χ0v) is 15.0. The van der Waals surface area contributed by atoms with Crippen LogP contribution in [0.5, 0.6) is 11.5 Å². The van der Waals surface area contributed by atoms with Crippen molar-refractivity contribution in [3.8, 4) is 11.5 Å². The number of hydrogen-bond acceptors (Lipinski definition) is 5. The van der Waals surface area contributed by atoms with E-state index < -0.39 is 5.79 Å². The second-order valence-electron chi connectivity index (χ2n) is 6.13. The van der Waals surface area contributed by atoms with Crippen molar-refractivity contribution in [2.45, 2.75) is 36.5 Å². The van der Waals surface area contributed by atoms with E-state index in [0.717, 1.165) is 36.5 Å². The first kappa shape index (κ1) is 16.5. The van der Waals surface area contributed by atoms with Gasteiger partial charge in [0.25, 0.3) is 5.79 Å². The number of nitrogens with one attached hydrogen (secondary N) is 1. The standard InChI is InChI=1S/C18H17ClN2O3S/c19-12-3-6-17(20-10-12)25-11-16(22)21-13-4-5-14-15(9-13)24-18(23-14)7-1-2-8-18/h3-6,9-10H,1-2,7-8,11H2,(H,21,22). The van der Waals surface area contributed by atoms with Gasteiger partial charge in [-0.3, -0.25) is 4.79 Å². The summed E-state index contributed by atoms with van der Waals surface area (Å²) in [6.45, 7) is 0. The third-order valence-corrected chi connectivity index (χ3v) is 5.40. The predicted molar refractivity (Wildman–Crippen MR) is 97.5 cm³/mol. The molecular weight excluding hydrogens is 360 g/mol. The lowest BCUT2D eigenvalue weighted by atomic mass is 10.2. The molecule has 1 amide bonds. The third-order valence-electron chi connectivity index (χ3n) is 4.24. The van der Waals surface area contributed by atoms with Gasteiger partial charge in [-0.05, 0) is 37.1 Å². The number of halogens is 1. The predicted octanol–water partition coefficient (Wildman–Crippen LogP) is 4.51. The smallest absolute Gasteiger partial charge is 0.251 e. The number of ether oxygens (including phenoxy) is 2. The third kappa shape index (κ3) is 3.70. The normalized spacial score (nSPS) is 17.0. The number of nitrogens with zero attached hydrogens (tertiary/aromatic N) is 1. The Kier molecular flexibility index (Phi) is 4.48. The van der Waals surface area contributed by atoms with Crippen molar-refractivity contribution in [2.75, 3.05) is 11.1 Å². The van der Waals surface area contributed by atoms with Gasteiger partial charge in [-0.2, -0.15) is 0 Å². The molecule has 0 radical (unpaired) electrons. The van der Waals surface area contributed by atoms with Crippen LogP contribution in [0, 0.1) is 0 Å². The number of aromatic nitrogens is 1. The van der Waals surface area contributed by atoms with E-state index in [1.54, 1.807) is 18.3 Å². The summed E-state index contributed by atoms with van der Waals surface area (Å²) in [7, 11) is 0. The largest absolute Gasteiger partial charge is 0.448 e. The number of hydrogen-bond donors (Lipinski definition) is 1. The van der Waals surface area contributed by atoms with Crippen LogP contribution in [0.3, 0.4) is 0 Å². The molecule has 130 valence electrons. The number of carbonyl (C=O) groups is 1. The summed E-state index contributed by atoms with van der Waals surface area (Å²) in [5.41, 5.74) is 0.701. The van der Waals surface area contributed by atoms with Gasteiger partial charge in [-0.25, -0.2) is 4.98 Å². The number of thioether (sulfide) groups is 1. The van der Waals surface area contributed by atoms with E-state index in [1.165, 1.54) is 11.8 Å². The fourth-order valence-electron chi connectivity index (χ4n) is 3.07. The van der Waals surface area contributed by atoms with Gasteiger partial charge in [0.15, 0.2) is 11.5 Å². The number of fused-ring (bicyclic) bond motifs is 1. The van der Waals surface area contributed by atoms with Crippen molar-refractivity contribution in [2.24, 2.45) is 0 Å². The van der Waals surface area contributed by atoms with Crippen LogP contribution in [0.4, 0.5) is 5.69 Å². The van der Waals surface area contributed by atoms with Crippen LogP contribution >= 0.6 is 23.4 Å². The Bertz CT molecular complexity index is 791. The van der Waals surface area contributed by atoms with Crippen LogP contribution in [-0.4, -0.2) is 22.4 Å². The maximum Gasteiger partial charge on any atom is 0.251 e. The molecule has 4 rings (SSSR count). The lowest BCUT2D eigenvalue weighted by Crippen LogP contribution is -2.34. The topological polar surface area (TPSA) is 60.5 Å². The highest BCUT2D eigenvalue weighted by Gasteiger charge is 2.44. The van der Waals surface area contributed by atoms with Crippen LogP contribution in [0.25, 0.3) is 0 Å². The molecule has 1 aliphatic heterocycles. The summed E-state index contributed by atoms with van der Waals surface area (Å²) in [5.74, 6) is 1.14. The number of pyridine rings is 1. The summed E-state index contributed by atoms with van der Waals surface area (Å²) in [4.78, 5) is 16.3. The van der Waals surface area contributed by atoms with E-state index >= 15 is 0 Å². The van der Waals surface area contributed by atoms with E-state index in [4.69, 9.17) is 21.1 Å². The summed E-state index contributed by atoms with van der Waals surface area (Å²) in [6, 6.07) is 9.06. The average Bonchev–Trinajstić information content (AvgIpc) is 3.20. The first-order valence-electron chi connectivity index (χ1n) is 8.18. The number of carbonyl (C=O) groups excluding carboxylic acids is 1. The van der Waals surface area contributed by atoms with Crippen LogP contribution in [0.2, 0.25) is 5.02 Å². The monoisotopic (exact) mass is 376 g/mol. The molecule has 1 saturated carbocycles. The second kappa shape index (κ2) is 6.77. The van der Waals surface area contributed by atoms with Crippen molar-refractivity contribution in [3.63, 3.8) is 0 Å². The van der Waals surface area contributed by atoms with Crippen LogP contribution in [-0.2, 0) is 4.79 Å². The molecule has 2 aliphatic rings. The Morgan fingerprint density at radius 2 is 2.00 bits per heavy atom. The fourth-order valence-corrected chi connectivity index (χ4v) is 3.83. The Labute approximate surface area is 155 Å². The summed E-state index contributed by atoms with van der Waals surface area (Å²) in [6.07, 6.45) is 5.63. The molecular formula is C18H17ClN2O3S. The van der Waals surface area contributed by atoms with E-state index in [0.29, 0.717) is 16.5 Å². The van der Waals surface area contributed by atoms with Gasteiger partial charge in [-0.15, -0.1) is 0 Å². The quantitative estimate of drug-likeness (QED) is 0.795. The van der Waals surface area contributed by atoms with Crippen LogP contribution in [0.1, 0.15) is 25.7 Å². The van der Waals surface area contributed by atoms with Crippen molar-refractivity contribution in [3.05, 3.63) is 41.6 Å². The number of rotatable bonds is 4. The molecule has 0 unspecified atom stereocenters. The van der Waals surface area contributed by atoms with E-state index in [1.807, 2.05) is 18.2 Å². The lowest BCUT2D eigenvalue weighted by Gasteiger charge is -2.21. The minimum Gasteiger partial charge on any atom is -0.448 e. The van der Waals surface area contributed by atoms with Gasteiger partial charge in [0.05, 0.1) is 15.8 Å². The summed E-state index contributed by atoms with van der Waals surface area (Å²) < 4.78 is 12.0. The Hall–Kier alpha value is -1.92. The van der Waals surface area contributed by atoms with E-state index in [9.17, 15) is 4.79 Å². The molecule has 0 atom stereocenters. The van der Waals surface area contributed by atoms with Gasteiger partial charge < -0.3 is 14.8 Å². The highest BCUT2D eigenvalue weighted by Crippen LogP contribution is 2.47. The molecule has 1 spiro atoms. The number of amides is 1. The Morgan fingerprint density at radius 3 is 2.76 bits per heavy atom. The van der Waals surface area contributed by atoms with Crippen LogP contribution < -0.4 is 14.8 Å². The molecule has 1 aromatic carbocycles. The van der Waals surface area contributed by atoms with Gasteiger partial charge >= 0.3 is 0 Å². The van der Waals surface area contributed by atoms with Crippen molar-refractivity contribution >= 4 is 35.0 Å². The maximum absolute atomic E-state index is 12.1. The molecule has 1 fully saturated rings. The average molecular weight is 377 g/mol. The highest BCUT2D eigenvalue weighted by atomic mass is 35.5. The Balaban J connectivity index is 1.35. The lowest BCUT2D eigenvalue weighted by molar-refractivity contribution is -0.113. The molecule has 7 heteroatoms. The molecule has 1 aromatic heterocycles. The van der Waals surface area contributed by atoms with Crippen molar-refractivity contribution in [1.29, 1.82) is 0 Å². The highest BCUT2D eigenvalue weighted by molar-refractivity contribution is 7.99.